The van der Waals surface area contributed by atoms with Gasteiger partial charge in [0.2, 0.25) is 0 Å². The average molecular weight is 333 g/mol. The first-order valence-electron chi connectivity index (χ1n) is 4.60. The highest BCUT2D eigenvalue weighted by atomic mass is 79.9. The number of aromatic nitrogens is 3. The summed E-state index contributed by atoms with van der Waals surface area (Å²) in [6.45, 7) is 6.31. The van der Waals surface area contributed by atoms with Crippen molar-refractivity contribution in [1.82, 2.24) is 14.6 Å². The summed E-state index contributed by atoms with van der Waals surface area (Å²) in [5, 5.41) is 4.45. The van der Waals surface area contributed by atoms with E-state index in [1.807, 2.05) is 12.3 Å². The van der Waals surface area contributed by atoms with Crippen LogP contribution in [0.4, 0.5) is 0 Å². The van der Waals surface area contributed by atoms with Gasteiger partial charge in [-0.1, -0.05) is 20.8 Å². The third kappa shape index (κ3) is 2.08. The average Bonchev–Trinajstić information content (AvgIpc) is 2.46. The predicted octanol–water partition coefficient (Wildman–Crippen LogP) is 3.55. The van der Waals surface area contributed by atoms with Gasteiger partial charge in [-0.05, 0) is 37.9 Å². The molecule has 0 aromatic carbocycles. The number of hydrogen-bond acceptors (Lipinski definition) is 2. The van der Waals surface area contributed by atoms with Crippen molar-refractivity contribution in [3.63, 3.8) is 0 Å². The van der Waals surface area contributed by atoms with Crippen LogP contribution in [0.15, 0.2) is 21.2 Å². The number of nitrogens with zero attached hydrogens (tertiary/aromatic N) is 3. The molecule has 0 amide bonds. The molecule has 0 fully saturated rings. The Balaban J connectivity index is 2.71. The molecule has 2 aromatic rings. The first kappa shape index (κ1) is 11.1. The lowest BCUT2D eigenvalue weighted by molar-refractivity contribution is 0.545. The summed E-state index contributed by atoms with van der Waals surface area (Å²) >= 11 is 6.90. The van der Waals surface area contributed by atoms with E-state index in [9.17, 15) is 0 Å². The van der Waals surface area contributed by atoms with Crippen molar-refractivity contribution in [2.45, 2.75) is 26.2 Å². The molecule has 5 heteroatoms. The molecule has 3 nitrogen and oxygen atoms in total. The minimum Gasteiger partial charge on any atom is -0.219 e. The molecule has 0 saturated carbocycles. The lowest BCUT2D eigenvalue weighted by Crippen LogP contribution is -2.13. The molecule has 0 atom stereocenters. The molecule has 0 N–H and O–H groups in total. The Bertz CT molecular complexity index is 511. The van der Waals surface area contributed by atoms with E-state index >= 15 is 0 Å². The van der Waals surface area contributed by atoms with Crippen LogP contribution in [0.25, 0.3) is 5.65 Å². The molecule has 2 heterocycles. The van der Waals surface area contributed by atoms with Crippen LogP contribution in [0.3, 0.4) is 0 Å². The molecule has 0 bridgehead atoms. The normalized spacial score (nSPS) is 12.3. The van der Waals surface area contributed by atoms with Crippen LogP contribution in [-0.2, 0) is 5.41 Å². The summed E-state index contributed by atoms with van der Waals surface area (Å²) in [5.74, 6) is 0.848. The fraction of sp³-hybridized carbons (Fsp3) is 0.400. The summed E-state index contributed by atoms with van der Waals surface area (Å²) in [6, 6.07) is 1.97. The highest BCUT2D eigenvalue weighted by Gasteiger charge is 2.20. The Morgan fingerprint density at radius 1 is 1.27 bits per heavy atom. The molecular formula is C10H11Br2N3. The quantitative estimate of drug-likeness (QED) is 0.738. The Kier molecular flexibility index (Phi) is 2.63. The van der Waals surface area contributed by atoms with E-state index in [0.717, 1.165) is 20.4 Å². The maximum absolute atomic E-state index is 4.51. The lowest BCUT2D eigenvalue weighted by atomic mass is 9.96. The van der Waals surface area contributed by atoms with Crippen LogP contribution in [0.2, 0.25) is 0 Å². The minimum absolute atomic E-state index is 0.0298. The molecular weight excluding hydrogens is 322 g/mol. The molecule has 2 aromatic heterocycles. The van der Waals surface area contributed by atoms with E-state index in [-0.39, 0.29) is 5.41 Å². The lowest BCUT2D eigenvalue weighted by Gasteiger charge is -2.11. The molecule has 0 spiro atoms. The zero-order chi connectivity index (χ0) is 11.2. The van der Waals surface area contributed by atoms with Gasteiger partial charge in [-0.25, -0.2) is 9.50 Å². The van der Waals surface area contributed by atoms with Gasteiger partial charge in [0.15, 0.2) is 11.5 Å². The van der Waals surface area contributed by atoms with Gasteiger partial charge < -0.3 is 0 Å². The van der Waals surface area contributed by atoms with Crippen molar-refractivity contribution < 1.29 is 0 Å². The molecule has 80 valence electrons. The first-order valence-corrected chi connectivity index (χ1v) is 6.18. The maximum atomic E-state index is 4.51. The standard InChI is InChI=1S/C10H11Br2N3/c1-10(2,3)9-13-8-7(12)4-6(11)5-15(8)14-9/h4-5H,1-3H3. The van der Waals surface area contributed by atoms with Gasteiger partial charge in [-0.2, -0.15) is 5.10 Å². The van der Waals surface area contributed by atoms with Crippen LogP contribution in [0.5, 0.6) is 0 Å². The van der Waals surface area contributed by atoms with Gasteiger partial charge in [0.25, 0.3) is 0 Å². The first-order chi connectivity index (χ1) is 6.88. The van der Waals surface area contributed by atoms with Crippen molar-refractivity contribution in [2.24, 2.45) is 0 Å². The van der Waals surface area contributed by atoms with Crippen LogP contribution in [0, 0.1) is 0 Å². The van der Waals surface area contributed by atoms with Crippen LogP contribution < -0.4 is 0 Å². The van der Waals surface area contributed by atoms with E-state index < -0.39 is 0 Å². The van der Waals surface area contributed by atoms with E-state index in [2.05, 4.69) is 62.7 Å². The zero-order valence-electron chi connectivity index (χ0n) is 8.75. The Morgan fingerprint density at radius 2 is 1.93 bits per heavy atom. The predicted molar refractivity (Wildman–Crippen MR) is 67.1 cm³/mol. The van der Waals surface area contributed by atoms with Crippen LogP contribution in [0.1, 0.15) is 26.6 Å². The van der Waals surface area contributed by atoms with Crippen LogP contribution >= 0.6 is 31.9 Å². The van der Waals surface area contributed by atoms with Gasteiger partial charge in [-0.3, -0.25) is 0 Å². The SMILES string of the molecule is CC(C)(C)c1nc2c(Br)cc(Br)cn2n1. The third-order valence-corrected chi connectivity index (χ3v) is 3.04. The van der Waals surface area contributed by atoms with Gasteiger partial charge in [0.1, 0.15) is 0 Å². The molecule has 0 aliphatic rings. The number of fused-ring (bicyclic) bond motifs is 1. The molecule has 2 rings (SSSR count). The number of hydrogen-bond donors (Lipinski definition) is 0. The molecule has 0 saturated heterocycles. The van der Waals surface area contributed by atoms with E-state index in [1.54, 1.807) is 4.52 Å². The van der Waals surface area contributed by atoms with Crippen LogP contribution in [-0.4, -0.2) is 14.6 Å². The Hall–Kier alpha value is -0.420. The van der Waals surface area contributed by atoms with E-state index in [4.69, 9.17) is 0 Å². The molecule has 0 aliphatic heterocycles. The topological polar surface area (TPSA) is 30.2 Å². The smallest absolute Gasteiger partial charge is 0.169 e. The van der Waals surface area contributed by atoms with Gasteiger partial charge >= 0.3 is 0 Å². The summed E-state index contributed by atoms with van der Waals surface area (Å²) in [6.07, 6.45) is 1.91. The monoisotopic (exact) mass is 331 g/mol. The molecule has 0 radical (unpaired) electrons. The minimum atomic E-state index is -0.0298. The van der Waals surface area contributed by atoms with Gasteiger partial charge in [-0.15, -0.1) is 0 Å². The van der Waals surface area contributed by atoms with Crippen molar-refractivity contribution >= 4 is 37.5 Å². The largest absolute Gasteiger partial charge is 0.219 e. The number of rotatable bonds is 0. The van der Waals surface area contributed by atoms with E-state index in [0.29, 0.717) is 0 Å². The number of halogens is 2. The molecule has 0 aliphatic carbocycles. The highest BCUT2D eigenvalue weighted by molar-refractivity contribution is 9.11. The summed E-state index contributed by atoms with van der Waals surface area (Å²) in [5.41, 5.74) is 0.820. The molecule has 15 heavy (non-hydrogen) atoms. The maximum Gasteiger partial charge on any atom is 0.169 e. The Morgan fingerprint density at radius 3 is 2.53 bits per heavy atom. The summed E-state index contributed by atoms with van der Waals surface area (Å²) < 4.78 is 3.71. The van der Waals surface area contributed by atoms with Crippen molar-refractivity contribution in [1.29, 1.82) is 0 Å². The van der Waals surface area contributed by atoms with Crippen molar-refractivity contribution in [3.05, 3.63) is 27.0 Å². The van der Waals surface area contributed by atoms with E-state index in [1.165, 1.54) is 0 Å². The summed E-state index contributed by atoms with van der Waals surface area (Å²) in [4.78, 5) is 4.51. The second kappa shape index (κ2) is 3.56. The fourth-order valence-corrected chi connectivity index (χ4v) is 2.48. The van der Waals surface area contributed by atoms with Crippen molar-refractivity contribution in [2.75, 3.05) is 0 Å². The second-order valence-electron chi connectivity index (χ2n) is 4.46. The second-order valence-corrected chi connectivity index (χ2v) is 6.23. The fourth-order valence-electron chi connectivity index (χ4n) is 1.23. The highest BCUT2D eigenvalue weighted by Crippen LogP contribution is 2.25. The van der Waals surface area contributed by atoms with Gasteiger partial charge in [0.05, 0.1) is 4.47 Å². The summed E-state index contributed by atoms with van der Waals surface area (Å²) in [7, 11) is 0. The van der Waals surface area contributed by atoms with Crippen molar-refractivity contribution in [3.8, 4) is 0 Å². The molecule has 0 unspecified atom stereocenters. The van der Waals surface area contributed by atoms with Gasteiger partial charge in [0, 0.05) is 16.1 Å². The zero-order valence-corrected chi connectivity index (χ0v) is 11.9. The number of pyridine rings is 1. The Labute approximate surface area is 105 Å². The third-order valence-electron chi connectivity index (χ3n) is 2.03.